The lowest BCUT2D eigenvalue weighted by Gasteiger charge is -2.14. The fraction of sp³-hybridized carbons (Fsp3) is 0.286. The minimum Gasteiger partial charge on any atom is -0.497 e. The summed E-state index contributed by atoms with van der Waals surface area (Å²) in [5.74, 6) is 1.99. The molecule has 0 aliphatic heterocycles. The lowest BCUT2D eigenvalue weighted by Crippen LogP contribution is -2.03. The SMILES string of the molecule is CCCCCCC(=O)c1ccc2cc(OC)ccc2c1.CCCCCc1c(-c2ccc3cc(OC)ccc3c2)n(Cc2ccccc2)c2ccccc12. The molecule has 0 bridgehead atoms. The van der Waals surface area contributed by atoms with Gasteiger partial charge < -0.3 is 14.0 Å². The molecule has 0 N–H and O–H groups in total. The van der Waals surface area contributed by atoms with Gasteiger partial charge in [-0.1, -0.05) is 131 Å². The van der Waals surface area contributed by atoms with Crippen LogP contribution in [0.4, 0.5) is 0 Å². The number of hydrogen-bond donors (Lipinski definition) is 0. The Morgan fingerprint density at radius 1 is 0.585 bits per heavy atom. The molecule has 6 aromatic carbocycles. The van der Waals surface area contributed by atoms with E-state index >= 15 is 0 Å². The van der Waals surface area contributed by atoms with E-state index < -0.39 is 0 Å². The molecule has 0 fully saturated rings. The summed E-state index contributed by atoms with van der Waals surface area (Å²) < 4.78 is 13.2. The molecule has 272 valence electrons. The smallest absolute Gasteiger partial charge is 0.162 e. The van der Waals surface area contributed by atoms with Crippen LogP contribution in [0.2, 0.25) is 0 Å². The van der Waals surface area contributed by atoms with E-state index in [1.165, 1.54) is 76.2 Å². The Kier molecular flexibility index (Phi) is 13.0. The molecule has 0 saturated heterocycles. The number of ketones is 1. The zero-order chi connectivity index (χ0) is 37.0. The molecule has 7 rings (SSSR count). The average Bonchev–Trinajstić information content (AvgIpc) is 3.51. The molecule has 4 heteroatoms. The number of Topliss-reactive ketones (excluding diaryl/α,β-unsaturated/α-hetero) is 1. The van der Waals surface area contributed by atoms with Crippen LogP contribution in [0, 0.1) is 0 Å². The number of fused-ring (bicyclic) bond motifs is 3. The van der Waals surface area contributed by atoms with Crippen molar-refractivity contribution in [2.75, 3.05) is 14.2 Å². The van der Waals surface area contributed by atoms with Crippen molar-refractivity contribution in [3.63, 3.8) is 0 Å². The van der Waals surface area contributed by atoms with Crippen LogP contribution < -0.4 is 9.47 Å². The maximum absolute atomic E-state index is 12.1. The van der Waals surface area contributed by atoms with E-state index in [2.05, 4.69) is 103 Å². The molecule has 53 heavy (non-hydrogen) atoms. The van der Waals surface area contributed by atoms with Crippen LogP contribution in [0.15, 0.2) is 127 Å². The summed E-state index contributed by atoms with van der Waals surface area (Å²) in [4.78, 5) is 12.1. The third kappa shape index (κ3) is 9.18. The quantitative estimate of drug-likeness (QED) is 0.0788. The topological polar surface area (TPSA) is 40.5 Å². The van der Waals surface area contributed by atoms with E-state index in [0.29, 0.717) is 6.42 Å². The fourth-order valence-corrected chi connectivity index (χ4v) is 7.32. The minimum atomic E-state index is 0.249. The Morgan fingerprint density at radius 2 is 1.19 bits per heavy atom. The highest BCUT2D eigenvalue weighted by Crippen LogP contribution is 2.37. The van der Waals surface area contributed by atoms with Gasteiger partial charge in [-0.2, -0.15) is 0 Å². The lowest BCUT2D eigenvalue weighted by atomic mass is 9.98. The summed E-state index contributed by atoms with van der Waals surface area (Å²) in [6.45, 7) is 5.32. The maximum atomic E-state index is 12.1. The zero-order valence-electron chi connectivity index (χ0n) is 31.9. The van der Waals surface area contributed by atoms with Crippen LogP contribution in [0.5, 0.6) is 11.5 Å². The average molecular weight is 704 g/mol. The number of aromatic nitrogens is 1. The molecular weight excluding hydrogens is 651 g/mol. The van der Waals surface area contributed by atoms with Gasteiger partial charge in [0.15, 0.2) is 5.78 Å². The van der Waals surface area contributed by atoms with Crippen molar-refractivity contribution in [2.45, 2.75) is 78.2 Å². The van der Waals surface area contributed by atoms with Gasteiger partial charge in [-0.25, -0.2) is 0 Å². The predicted molar refractivity (Wildman–Crippen MR) is 224 cm³/mol. The predicted octanol–water partition coefficient (Wildman–Crippen LogP) is 13.3. The number of carbonyl (C=O) groups excluding carboxylic acids is 1. The Morgan fingerprint density at radius 3 is 1.89 bits per heavy atom. The lowest BCUT2D eigenvalue weighted by molar-refractivity contribution is 0.0979. The van der Waals surface area contributed by atoms with Gasteiger partial charge in [0.2, 0.25) is 0 Å². The summed E-state index contributed by atoms with van der Waals surface area (Å²) in [6, 6.07) is 44.7. The van der Waals surface area contributed by atoms with Crippen LogP contribution in [0.3, 0.4) is 0 Å². The van der Waals surface area contributed by atoms with E-state index in [4.69, 9.17) is 9.47 Å². The number of rotatable bonds is 15. The second kappa shape index (κ2) is 18.4. The molecule has 0 aliphatic rings. The summed E-state index contributed by atoms with van der Waals surface area (Å²) in [5.41, 5.74) is 7.57. The van der Waals surface area contributed by atoms with E-state index in [1.807, 2.05) is 42.5 Å². The summed E-state index contributed by atoms with van der Waals surface area (Å²) in [7, 11) is 3.38. The van der Waals surface area contributed by atoms with Crippen LogP contribution in [-0.2, 0) is 13.0 Å². The van der Waals surface area contributed by atoms with Gasteiger partial charge in [0.25, 0.3) is 0 Å². The monoisotopic (exact) mass is 703 g/mol. The first-order chi connectivity index (χ1) is 26.0. The van der Waals surface area contributed by atoms with Crippen molar-refractivity contribution in [3.05, 3.63) is 144 Å². The van der Waals surface area contributed by atoms with E-state index in [-0.39, 0.29) is 5.78 Å². The number of unbranched alkanes of at least 4 members (excludes halogenated alkanes) is 5. The standard InChI is InChI=1S/C31H31NO.C18H22O2/c1-3-4-6-14-29-28-13-9-10-15-30(28)32(22-23-11-7-5-8-12-23)31(29)26-17-16-25-21-27(33-2)19-18-24(25)20-26;1-3-4-5-6-7-18(19)16-9-8-15-13-17(20-2)11-10-14(15)12-16/h5,7-13,15-21H,3-4,6,14,22H2,1-2H3;8-13H,3-7H2,1-2H3. The fourth-order valence-electron chi connectivity index (χ4n) is 7.32. The molecule has 0 aliphatic carbocycles. The summed E-state index contributed by atoms with van der Waals surface area (Å²) >= 11 is 0. The van der Waals surface area contributed by atoms with Crippen molar-refractivity contribution in [3.8, 4) is 22.8 Å². The van der Waals surface area contributed by atoms with E-state index in [9.17, 15) is 4.79 Å². The van der Waals surface area contributed by atoms with Crippen molar-refractivity contribution >= 4 is 38.2 Å². The van der Waals surface area contributed by atoms with Crippen molar-refractivity contribution < 1.29 is 14.3 Å². The largest absolute Gasteiger partial charge is 0.497 e. The summed E-state index contributed by atoms with van der Waals surface area (Å²) in [5, 5.41) is 6.02. The maximum Gasteiger partial charge on any atom is 0.162 e. The first-order valence-electron chi connectivity index (χ1n) is 19.4. The van der Waals surface area contributed by atoms with Crippen LogP contribution in [-0.4, -0.2) is 24.6 Å². The molecule has 0 amide bonds. The van der Waals surface area contributed by atoms with Gasteiger partial charge in [0.1, 0.15) is 11.5 Å². The molecule has 0 atom stereocenters. The Balaban J connectivity index is 0.000000206. The second-order valence-electron chi connectivity index (χ2n) is 14.0. The van der Waals surface area contributed by atoms with Crippen LogP contribution in [0.25, 0.3) is 43.7 Å². The molecule has 7 aromatic rings. The number of benzene rings is 6. The minimum absolute atomic E-state index is 0.249. The molecule has 0 unspecified atom stereocenters. The first kappa shape index (κ1) is 37.4. The molecule has 0 saturated carbocycles. The van der Waals surface area contributed by atoms with Gasteiger partial charge >= 0.3 is 0 Å². The normalized spacial score (nSPS) is 11.1. The second-order valence-corrected chi connectivity index (χ2v) is 14.0. The number of carbonyl (C=O) groups is 1. The number of aryl methyl sites for hydroxylation is 1. The molecule has 0 radical (unpaired) electrons. The van der Waals surface area contributed by atoms with E-state index in [1.54, 1.807) is 14.2 Å². The molecule has 1 heterocycles. The third-order valence-electron chi connectivity index (χ3n) is 10.2. The number of nitrogens with zero attached hydrogens (tertiary/aromatic N) is 1. The molecule has 4 nitrogen and oxygen atoms in total. The Labute approximate surface area is 315 Å². The van der Waals surface area contributed by atoms with Gasteiger partial charge in [0.05, 0.1) is 19.9 Å². The van der Waals surface area contributed by atoms with Gasteiger partial charge in [0, 0.05) is 29.4 Å². The first-order valence-corrected chi connectivity index (χ1v) is 19.4. The van der Waals surface area contributed by atoms with Crippen LogP contribution in [0.1, 0.15) is 86.7 Å². The van der Waals surface area contributed by atoms with Gasteiger partial charge in [-0.3, -0.25) is 4.79 Å². The molecular formula is C49H53NO3. The van der Waals surface area contributed by atoms with Crippen molar-refractivity contribution in [1.82, 2.24) is 4.57 Å². The third-order valence-corrected chi connectivity index (χ3v) is 10.2. The van der Waals surface area contributed by atoms with Gasteiger partial charge in [-0.15, -0.1) is 0 Å². The number of ether oxygens (including phenoxy) is 2. The highest BCUT2D eigenvalue weighted by atomic mass is 16.5. The van der Waals surface area contributed by atoms with Crippen molar-refractivity contribution in [1.29, 1.82) is 0 Å². The highest BCUT2D eigenvalue weighted by Gasteiger charge is 2.19. The summed E-state index contributed by atoms with van der Waals surface area (Å²) in [6.07, 6.45) is 10.0. The van der Waals surface area contributed by atoms with E-state index in [0.717, 1.165) is 53.6 Å². The zero-order valence-corrected chi connectivity index (χ0v) is 31.9. The van der Waals surface area contributed by atoms with Crippen LogP contribution >= 0.6 is 0 Å². The Hall–Kier alpha value is -5.35. The Bertz CT molecular complexity index is 2270. The number of methoxy groups -OCH3 is 2. The molecule has 1 aromatic heterocycles. The molecule has 0 spiro atoms. The van der Waals surface area contributed by atoms with Crippen molar-refractivity contribution in [2.24, 2.45) is 0 Å². The highest BCUT2D eigenvalue weighted by molar-refractivity contribution is 6.00. The van der Waals surface area contributed by atoms with Gasteiger partial charge in [-0.05, 0) is 100.0 Å². The number of para-hydroxylation sites is 1. The number of hydrogen-bond acceptors (Lipinski definition) is 3.